The van der Waals surface area contributed by atoms with Crippen LogP contribution >= 0.6 is 23.8 Å². The summed E-state index contributed by atoms with van der Waals surface area (Å²) in [6.45, 7) is 3.11. The Balaban J connectivity index is 1.65. The number of benzene rings is 2. The van der Waals surface area contributed by atoms with Crippen molar-refractivity contribution in [2.45, 2.75) is 0 Å². The summed E-state index contributed by atoms with van der Waals surface area (Å²) in [7, 11) is 0. The van der Waals surface area contributed by atoms with Crippen molar-refractivity contribution in [1.82, 2.24) is 4.90 Å². The second-order valence-electron chi connectivity index (χ2n) is 5.56. The minimum absolute atomic E-state index is 0.117. The maximum Gasteiger partial charge on any atom is 0.271 e. The van der Waals surface area contributed by atoms with E-state index in [1.54, 1.807) is 12.1 Å². The molecule has 1 heterocycles. The Bertz CT molecular complexity index is 759. The van der Waals surface area contributed by atoms with Crippen LogP contribution in [-0.2, 0) is 0 Å². The van der Waals surface area contributed by atoms with Crippen LogP contribution in [0.15, 0.2) is 48.5 Å². The van der Waals surface area contributed by atoms with Crippen molar-refractivity contribution >= 4 is 40.2 Å². The van der Waals surface area contributed by atoms with Gasteiger partial charge >= 0.3 is 0 Å². The van der Waals surface area contributed by atoms with Gasteiger partial charge in [-0.05, 0) is 18.2 Å². The zero-order chi connectivity index (χ0) is 17.1. The second kappa shape index (κ2) is 7.15. The third-order valence-electron chi connectivity index (χ3n) is 4.06. The topological polar surface area (TPSA) is 49.6 Å². The lowest BCUT2D eigenvalue weighted by Crippen LogP contribution is -2.48. The lowest BCUT2D eigenvalue weighted by atomic mass is 10.2. The number of hydrogen-bond donors (Lipinski definition) is 0. The highest BCUT2D eigenvalue weighted by molar-refractivity contribution is 7.80. The van der Waals surface area contributed by atoms with Gasteiger partial charge in [0.25, 0.3) is 5.69 Å². The molecule has 0 spiro atoms. The van der Waals surface area contributed by atoms with Crippen LogP contribution in [-0.4, -0.2) is 41.0 Å². The summed E-state index contributed by atoms with van der Waals surface area (Å²) < 4.78 is 0. The minimum atomic E-state index is -0.366. The van der Waals surface area contributed by atoms with Crippen molar-refractivity contribution in [2.24, 2.45) is 0 Å². The van der Waals surface area contributed by atoms with Crippen molar-refractivity contribution in [3.8, 4) is 0 Å². The van der Waals surface area contributed by atoms with Crippen molar-refractivity contribution < 1.29 is 4.92 Å². The fraction of sp³-hybridized carbons (Fsp3) is 0.235. The lowest BCUT2D eigenvalue weighted by Gasteiger charge is -2.37. The molecule has 1 aliphatic heterocycles. The SMILES string of the molecule is O=[N+]([O-])c1cccc(N2CCN(C(=S)c3ccc(Cl)cc3)CC2)c1. The molecule has 0 aromatic heterocycles. The van der Waals surface area contributed by atoms with Crippen LogP contribution < -0.4 is 4.90 Å². The fourth-order valence-electron chi connectivity index (χ4n) is 2.75. The standard InChI is InChI=1S/C17H16ClN3O2S/c18-14-6-4-13(5-7-14)17(24)20-10-8-19(9-11-20)15-2-1-3-16(12-15)21(22)23/h1-7,12H,8-11H2. The van der Waals surface area contributed by atoms with Gasteiger partial charge in [0.15, 0.2) is 0 Å². The van der Waals surface area contributed by atoms with Gasteiger partial charge in [0.1, 0.15) is 4.99 Å². The van der Waals surface area contributed by atoms with Crippen LogP contribution in [0.5, 0.6) is 0 Å². The summed E-state index contributed by atoms with van der Waals surface area (Å²) in [6.07, 6.45) is 0. The van der Waals surface area contributed by atoms with Crippen molar-refractivity contribution in [3.05, 3.63) is 69.2 Å². The number of piperazine rings is 1. The molecule has 0 radical (unpaired) electrons. The zero-order valence-electron chi connectivity index (χ0n) is 12.9. The number of non-ortho nitro benzene ring substituents is 1. The van der Waals surface area contributed by atoms with E-state index in [4.69, 9.17) is 23.8 Å². The first kappa shape index (κ1) is 16.7. The van der Waals surface area contributed by atoms with Crippen molar-refractivity contribution in [2.75, 3.05) is 31.1 Å². The summed E-state index contributed by atoms with van der Waals surface area (Å²) >= 11 is 11.5. The van der Waals surface area contributed by atoms with Gasteiger partial charge in [-0.1, -0.05) is 42.0 Å². The maximum absolute atomic E-state index is 10.9. The Hall–Kier alpha value is -2.18. The van der Waals surface area contributed by atoms with Crippen LogP contribution in [0.25, 0.3) is 0 Å². The largest absolute Gasteiger partial charge is 0.368 e. The van der Waals surface area contributed by atoms with E-state index in [2.05, 4.69) is 9.80 Å². The fourth-order valence-corrected chi connectivity index (χ4v) is 3.19. The van der Waals surface area contributed by atoms with Crippen molar-refractivity contribution in [3.63, 3.8) is 0 Å². The van der Waals surface area contributed by atoms with Crippen LogP contribution in [0.1, 0.15) is 5.56 Å². The van der Waals surface area contributed by atoms with Crippen molar-refractivity contribution in [1.29, 1.82) is 0 Å². The summed E-state index contributed by atoms with van der Waals surface area (Å²) in [4.78, 5) is 15.7. The minimum Gasteiger partial charge on any atom is -0.368 e. The number of anilines is 1. The molecule has 1 saturated heterocycles. The highest BCUT2D eigenvalue weighted by Crippen LogP contribution is 2.23. The molecule has 0 unspecified atom stereocenters. The van der Waals surface area contributed by atoms with E-state index in [0.717, 1.165) is 42.4 Å². The number of nitro groups is 1. The smallest absolute Gasteiger partial charge is 0.271 e. The van der Waals surface area contributed by atoms with Gasteiger partial charge in [-0.2, -0.15) is 0 Å². The molecular weight excluding hydrogens is 346 g/mol. The molecule has 1 aliphatic rings. The van der Waals surface area contributed by atoms with E-state index in [9.17, 15) is 10.1 Å². The third kappa shape index (κ3) is 3.66. The molecule has 124 valence electrons. The number of nitro benzene ring substituents is 1. The highest BCUT2D eigenvalue weighted by atomic mass is 35.5. The number of thiocarbonyl (C=S) groups is 1. The van der Waals surface area contributed by atoms with Crippen LogP contribution in [0.3, 0.4) is 0 Å². The number of halogens is 1. The first-order valence-corrected chi connectivity index (χ1v) is 8.37. The molecule has 0 saturated carbocycles. The predicted molar refractivity (Wildman–Crippen MR) is 100 cm³/mol. The highest BCUT2D eigenvalue weighted by Gasteiger charge is 2.21. The van der Waals surface area contributed by atoms with Gasteiger partial charge in [0, 0.05) is 54.6 Å². The zero-order valence-corrected chi connectivity index (χ0v) is 14.5. The van der Waals surface area contributed by atoms with Gasteiger partial charge in [0.05, 0.1) is 4.92 Å². The molecule has 5 nitrogen and oxygen atoms in total. The predicted octanol–water partition coefficient (Wildman–Crippen LogP) is 3.75. The molecule has 0 N–H and O–H groups in total. The first-order valence-electron chi connectivity index (χ1n) is 7.59. The molecule has 3 rings (SSSR count). The molecule has 0 atom stereocenters. The Morgan fingerprint density at radius 3 is 2.38 bits per heavy atom. The summed E-state index contributed by atoms with van der Waals surface area (Å²) in [5.41, 5.74) is 1.98. The Kier molecular flexibility index (Phi) is 4.97. The average molecular weight is 362 g/mol. The van der Waals surface area contributed by atoms with E-state index in [0.29, 0.717) is 5.02 Å². The summed E-state index contributed by atoms with van der Waals surface area (Å²) in [6, 6.07) is 14.3. The van der Waals surface area contributed by atoms with E-state index in [-0.39, 0.29) is 10.6 Å². The van der Waals surface area contributed by atoms with Crippen LogP contribution in [0.2, 0.25) is 5.02 Å². The van der Waals surface area contributed by atoms with Gasteiger partial charge < -0.3 is 9.80 Å². The van der Waals surface area contributed by atoms with E-state index in [1.165, 1.54) is 6.07 Å². The normalized spacial score (nSPS) is 14.5. The Morgan fingerprint density at radius 1 is 1.08 bits per heavy atom. The number of nitrogens with zero attached hydrogens (tertiary/aromatic N) is 3. The van der Waals surface area contributed by atoms with E-state index < -0.39 is 0 Å². The molecule has 24 heavy (non-hydrogen) atoms. The van der Waals surface area contributed by atoms with Gasteiger partial charge in [0.2, 0.25) is 0 Å². The molecule has 0 bridgehead atoms. The average Bonchev–Trinajstić information content (AvgIpc) is 2.62. The lowest BCUT2D eigenvalue weighted by molar-refractivity contribution is -0.384. The number of rotatable bonds is 3. The molecule has 2 aromatic rings. The van der Waals surface area contributed by atoms with Gasteiger partial charge in [-0.3, -0.25) is 10.1 Å². The van der Waals surface area contributed by atoms with Gasteiger partial charge in [-0.15, -0.1) is 0 Å². The quantitative estimate of drug-likeness (QED) is 0.473. The van der Waals surface area contributed by atoms with E-state index in [1.807, 2.05) is 30.3 Å². The first-order chi connectivity index (χ1) is 11.5. The molecule has 1 fully saturated rings. The number of hydrogen-bond acceptors (Lipinski definition) is 4. The molecule has 0 amide bonds. The van der Waals surface area contributed by atoms with Gasteiger partial charge in [-0.25, -0.2) is 0 Å². The monoisotopic (exact) mass is 361 g/mol. The molecule has 7 heteroatoms. The Morgan fingerprint density at radius 2 is 1.75 bits per heavy atom. The molecular formula is C17H16ClN3O2S. The summed E-state index contributed by atoms with van der Waals surface area (Å²) in [5, 5.41) is 11.6. The Labute approximate surface area is 150 Å². The van der Waals surface area contributed by atoms with Crippen LogP contribution in [0, 0.1) is 10.1 Å². The van der Waals surface area contributed by atoms with Crippen LogP contribution in [0.4, 0.5) is 11.4 Å². The van der Waals surface area contributed by atoms with E-state index >= 15 is 0 Å². The third-order valence-corrected chi connectivity index (χ3v) is 4.81. The maximum atomic E-state index is 10.9. The molecule has 0 aliphatic carbocycles. The molecule has 2 aromatic carbocycles. The second-order valence-corrected chi connectivity index (χ2v) is 6.39. The summed E-state index contributed by atoms with van der Waals surface area (Å²) in [5.74, 6) is 0.